The number of fused-ring (bicyclic) bond motifs is 1. The number of aromatic nitrogens is 1. The third kappa shape index (κ3) is 3.81. The topological polar surface area (TPSA) is 75.0 Å². The molecule has 0 amide bonds. The molecule has 1 aliphatic carbocycles. The summed E-state index contributed by atoms with van der Waals surface area (Å²) in [4.78, 5) is 27.8. The van der Waals surface area contributed by atoms with Gasteiger partial charge in [-0.2, -0.15) is 0 Å². The number of carboxylic acid groups (broad SMARTS) is 1. The van der Waals surface area contributed by atoms with E-state index in [2.05, 4.69) is 16.6 Å². The first kappa shape index (κ1) is 19.7. The molecule has 1 aliphatic heterocycles. The van der Waals surface area contributed by atoms with E-state index in [1.54, 1.807) is 6.07 Å². The van der Waals surface area contributed by atoms with Gasteiger partial charge in [0.1, 0.15) is 5.82 Å². The summed E-state index contributed by atoms with van der Waals surface area (Å²) in [6.07, 6.45) is 2.71. The lowest BCUT2D eigenvalue weighted by molar-refractivity contribution is 0.143. The lowest BCUT2D eigenvalue weighted by atomic mass is 9.89. The number of anilines is 1. The summed E-state index contributed by atoms with van der Waals surface area (Å²) in [5.41, 5.74) is 0.567. The quantitative estimate of drug-likeness (QED) is 0.772. The fourth-order valence-corrected chi connectivity index (χ4v) is 4.52. The highest BCUT2D eigenvalue weighted by Crippen LogP contribution is 2.40. The summed E-state index contributed by atoms with van der Waals surface area (Å²) in [5, 5.41) is 9.05. The zero-order valence-electron chi connectivity index (χ0n) is 16.9. The van der Waals surface area contributed by atoms with Crippen molar-refractivity contribution in [1.82, 2.24) is 9.47 Å². The number of hydrogen-bond donors (Lipinski definition) is 1. The number of pyridine rings is 1. The van der Waals surface area contributed by atoms with Gasteiger partial charge >= 0.3 is 6.16 Å². The van der Waals surface area contributed by atoms with E-state index < -0.39 is 17.4 Å². The molecule has 2 aliphatic rings. The van der Waals surface area contributed by atoms with Gasteiger partial charge in [0, 0.05) is 25.7 Å². The smallest absolute Gasteiger partial charge is 0.449 e. The number of benzene rings is 1. The van der Waals surface area contributed by atoms with Gasteiger partial charge < -0.3 is 24.2 Å². The largest absolute Gasteiger partial charge is 0.511 e. The van der Waals surface area contributed by atoms with Crippen molar-refractivity contribution in [3.05, 3.63) is 34.4 Å². The minimum Gasteiger partial charge on any atom is -0.449 e. The molecule has 1 N–H and O–H groups in total. The van der Waals surface area contributed by atoms with Crippen LogP contribution in [0.25, 0.3) is 10.9 Å². The summed E-state index contributed by atoms with van der Waals surface area (Å²) in [5.74, 6) is -0.762. The predicted molar refractivity (Wildman–Crippen MR) is 109 cm³/mol. The maximum Gasteiger partial charge on any atom is 0.511 e. The molecule has 1 unspecified atom stereocenters. The van der Waals surface area contributed by atoms with Crippen molar-refractivity contribution in [3.63, 3.8) is 0 Å². The van der Waals surface area contributed by atoms with Crippen LogP contribution < -0.4 is 15.1 Å². The molecule has 2 heterocycles. The second kappa shape index (κ2) is 7.02. The van der Waals surface area contributed by atoms with E-state index in [-0.39, 0.29) is 22.6 Å². The fourth-order valence-electron chi connectivity index (χ4n) is 4.52. The van der Waals surface area contributed by atoms with Gasteiger partial charge in [-0.25, -0.2) is 9.18 Å². The van der Waals surface area contributed by atoms with E-state index in [1.165, 1.54) is 12.3 Å². The second-order valence-electron chi connectivity index (χ2n) is 8.87. The molecule has 8 heteroatoms. The highest BCUT2D eigenvalue weighted by molar-refractivity contribution is 5.85. The number of carbonyl (C=O) groups is 1. The standard InChI is InChI=1S/C21H26FN3O4/c1-21(11-23(2)3)6-7-24(12-21)17-9-16-14(8-15(17)22)19(26)18(29-20(27)28)10-25(16)13-4-5-13/h8-10,13H,4-7,11-12H2,1-3H3,(H,27,28). The van der Waals surface area contributed by atoms with Crippen molar-refractivity contribution in [2.45, 2.75) is 32.2 Å². The van der Waals surface area contributed by atoms with Crippen molar-refractivity contribution in [2.24, 2.45) is 5.41 Å². The molecule has 2 aromatic rings. The van der Waals surface area contributed by atoms with E-state index in [4.69, 9.17) is 5.11 Å². The molecule has 29 heavy (non-hydrogen) atoms. The summed E-state index contributed by atoms with van der Waals surface area (Å²) in [7, 11) is 4.07. The van der Waals surface area contributed by atoms with E-state index in [0.717, 1.165) is 38.9 Å². The summed E-state index contributed by atoms with van der Waals surface area (Å²) < 4.78 is 21.6. The summed E-state index contributed by atoms with van der Waals surface area (Å²) in [6, 6.07) is 3.13. The van der Waals surface area contributed by atoms with Crippen LogP contribution in [0.2, 0.25) is 0 Å². The predicted octanol–water partition coefficient (Wildman–Crippen LogP) is 3.31. The first-order valence-corrected chi connectivity index (χ1v) is 9.86. The van der Waals surface area contributed by atoms with Crippen molar-refractivity contribution in [3.8, 4) is 5.75 Å². The molecule has 0 bridgehead atoms. The average Bonchev–Trinajstić information content (AvgIpc) is 3.39. The molecule has 156 valence electrons. The van der Waals surface area contributed by atoms with Crippen molar-refractivity contribution in [1.29, 1.82) is 0 Å². The third-order valence-corrected chi connectivity index (χ3v) is 5.80. The average molecular weight is 403 g/mol. The van der Waals surface area contributed by atoms with Crippen LogP contribution in [0.15, 0.2) is 23.1 Å². The number of ether oxygens (including phenoxy) is 1. The Bertz CT molecular complexity index is 1030. The maximum atomic E-state index is 15.1. The minimum absolute atomic E-state index is 0.0697. The Balaban J connectivity index is 1.78. The van der Waals surface area contributed by atoms with Gasteiger partial charge in [-0.3, -0.25) is 4.79 Å². The fraction of sp³-hybridized carbons (Fsp3) is 0.524. The second-order valence-corrected chi connectivity index (χ2v) is 8.87. The molecule has 1 atom stereocenters. The van der Waals surface area contributed by atoms with Gasteiger partial charge in [0.05, 0.1) is 22.8 Å². The molecule has 0 radical (unpaired) electrons. The lowest BCUT2D eigenvalue weighted by Gasteiger charge is -2.29. The molecule has 1 aromatic carbocycles. The van der Waals surface area contributed by atoms with Crippen LogP contribution in [-0.2, 0) is 0 Å². The number of halogens is 1. The third-order valence-electron chi connectivity index (χ3n) is 5.80. The van der Waals surface area contributed by atoms with Crippen LogP contribution >= 0.6 is 0 Å². The Labute approximate surface area is 168 Å². The van der Waals surface area contributed by atoms with Crippen LogP contribution in [0, 0.1) is 11.2 Å². The Morgan fingerprint density at radius 3 is 2.72 bits per heavy atom. The first-order valence-electron chi connectivity index (χ1n) is 9.86. The Morgan fingerprint density at radius 2 is 2.10 bits per heavy atom. The first-order chi connectivity index (χ1) is 13.7. The van der Waals surface area contributed by atoms with E-state index >= 15 is 4.39 Å². The number of hydrogen-bond acceptors (Lipinski definition) is 5. The van der Waals surface area contributed by atoms with Gasteiger partial charge in [0.2, 0.25) is 5.43 Å². The summed E-state index contributed by atoms with van der Waals surface area (Å²) >= 11 is 0. The Kier molecular flexibility index (Phi) is 4.77. The lowest BCUT2D eigenvalue weighted by Crippen LogP contribution is -2.34. The molecule has 1 saturated carbocycles. The number of nitrogens with zero attached hydrogens (tertiary/aromatic N) is 3. The Morgan fingerprint density at radius 1 is 1.38 bits per heavy atom. The SMILES string of the molecule is CN(C)CC1(C)CCN(c2cc3c(cc2F)c(=O)c(OC(=O)O)cn3C2CC2)C1. The normalized spacial score (nSPS) is 21.9. The minimum atomic E-state index is -1.56. The zero-order chi connectivity index (χ0) is 20.9. The van der Waals surface area contributed by atoms with Crippen molar-refractivity contribution < 1.29 is 19.0 Å². The van der Waals surface area contributed by atoms with Gasteiger partial charge in [-0.1, -0.05) is 6.92 Å². The number of rotatable bonds is 5. The highest BCUT2D eigenvalue weighted by atomic mass is 19.1. The van der Waals surface area contributed by atoms with Crippen LogP contribution in [0.1, 0.15) is 32.2 Å². The van der Waals surface area contributed by atoms with Crippen LogP contribution in [-0.4, -0.2) is 54.5 Å². The molecular formula is C21H26FN3O4. The molecule has 0 spiro atoms. The van der Waals surface area contributed by atoms with Crippen LogP contribution in [0.4, 0.5) is 14.9 Å². The molecule has 1 aromatic heterocycles. The van der Waals surface area contributed by atoms with E-state index in [9.17, 15) is 9.59 Å². The molecule has 2 fully saturated rings. The summed E-state index contributed by atoms with van der Waals surface area (Å²) in [6.45, 7) is 4.62. The van der Waals surface area contributed by atoms with Gasteiger partial charge in [0.25, 0.3) is 0 Å². The van der Waals surface area contributed by atoms with Crippen LogP contribution in [0.5, 0.6) is 5.75 Å². The van der Waals surface area contributed by atoms with Gasteiger partial charge in [0.15, 0.2) is 5.75 Å². The highest BCUT2D eigenvalue weighted by Gasteiger charge is 2.36. The van der Waals surface area contributed by atoms with E-state index in [0.29, 0.717) is 11.2 Å². The zero-order valence-corrected chi connectivity index (χ0v) is 16.9. The van der Waals surface area contributed by atoms with Crippen LogP contribution in [0.3, 0.4) is 0 Å². The molecule has 1 saturated heterocycles. The molecule has 4 rings (SSSR count). The van der Waals surface area contributed by atoms with Crippen molar-refractivity contribution in [2.75, 3.05) is 38.6 Å². The van der Waals surface area contributed by atoms with Gasteiger partial charge in [-0.05, 0) is 50.9 Å². The maximum absolute atomic E-state index is 15.1. The molecular weight excluding hydrogens is 377 g/mol. The van der Waals surface area contributed by atoms with Crippen molar-refractivity contribution >= 4 is 22.7 Å². The monoisotopic (exact) mass is 403 g/mol. The molecule has 7 nitrogen and oxygen atoms in total. The van der Waals surface area contributed by atoms with E-state index in [1.807, 2.05) is 23.6 Å². The van der Waals surface area contributed by atoms with Gasteiger partial charge in [-0.15, -0.1) is 0 Å². The Hall–Kier alpha value is -2.61.